The molecule has 8 nitrogen and oxygen atoms in total. The van der Waals surface area contributed by atoms with Crippen LogP contribution in [0.5, 0.6) is 0 Å². The van der Waals surface area contributed by atoms with Crippen LogP contribution in [-0.2, 0) is 9.59 Å². The zero-order valence-electron chi connectivity index (χ0n) is 17.0. The number of carbonyl (C=O) groups is 2. The van der Waals surface area contributed by atoms with Crippen LogP contribution in [0.4, 0.5) is 20.5 Å². The van der Waals surface area contributed by atoms with Crippen molar-refractivity contribution in [2.75, 3.05) is 23.3 Å². The molecular weight excluding hydrogens is 406 g/mol. The molecule has 2 aliphatic heterocycles. The Kier molecular flexibility index (Phi) is 5.88. The molecule has 1 N–H and O–H groups in total. The molecule has 4 rings (SSSR count). The van der Waals surface area contributed by atoms with Gasteiger partial charge in [0.1, 0.15) is 17.5 Å². The van der Waals surface area contributed by atoms with Crippen LogP contribution in [0.1, 0.15) is 37.8 Å². The summed E-state index contributed by atoms with van der Waals surface area (Å²) in [6, 6.07) is 4.22. The van der Waals surface area contributed by atoms with E-state index in [1.807, 2.05) is 4.90 Å². The van der Waals surface area contributed by atoms with Gasteiger partial charge in [-0.1, -0.05) is 0 Å². The predicted molar refractivity (Wildman–Crippen MR) is 110 cm³/mol. The summed E-state index contributed by atoms with van der Waals surface area (Å²) < 4.78 is 27.9. The highest BCUT2D eigenvalue weighted by molar-refractivity contribution is 5.87. The lowest BCUT2D eigenvalue weighted by molar-refractivity contribution is -0.138. The number of rotatable bonds is 4. The molecule has 31 heavy (non-hydrogen) atoms. The first kappa shape index (κ1) is 20.8. The highest BCUT2D eigenvalue weighted by Crippen LogP contribution is 2.33. The number of hydrazone groups is 1. The fourth-order valence-electron chi connectivity index (χ4n) is 3.92. The first-order valence-corrected chi connectivity index (χ1v) is 10.1. The minimum atomic E-state index is -0.640. The molecule has 1 saturated heterocycles. The summed E-state index contributed by atoms with van der Waals surface area (Å²) >= 11 is 0. The van der Waals surface area contributed by atoms with Gasteiger partial charge in [0, 0.05) is 50.3 Å². The van der Waals surface area contributed by atoms with E-state index in [0.29, 0.717) is 44.1 Å². The van der Waals surface area contributed by atoms with Gasteiger partial charge in [-0.05, 0) is 37.1 Å². The van der Waals surface area contributed by atoms with Crippen molar-refractivity contribution in [3.8, 4) is 0 Å². The highest BCUT2D eigenvalue weighted by Gasteiger charge is 2.36. The van der Waals surface area contributed by atoms with Gasteiger partial charge >= 0.3 is 0 Å². The molecule has 1 fully saturated rings. The number of piperidine rings is 1. The molecule has 1 aromatic heterocycles. The number of hydrogen-bond donors (Lipinski definition) is 1. The summed E-state index contributed by atoms with van der Waals surface area (Å²) in [5.74, 6) is -0.909. The molecule has 2 aromatic rings. The Bertz CT molecular complexity index is 1020. The zero-order chi connectivity index (χ0) is 22.0. The first-order valence-electron chi connectivity index (χ1n) is 10.1. The van der Waals surface area contributed by atoms with Crippen molar-refractivity contribution in [1.82, 2.24) is 15.0 Å². The molecule has 2 amide bonds. The fourth-order valence-corrected chi connectivity index (χ4v) is 3.92. The molecule has 0 saturated carbocycles. The van der Waals surface area contributed by atoms with Crippen molar-refractivity contribution < 1.29 is 18.4 Å². The minimum absolute atomic E-state index is 0.131. The molecule has 1 aromatic carbocycles. The van der Waals surface area contributed by atoms with Crippen molar-refractivity contribution >= 4 is 29.8 Å². The Morgan fingerprint density at radius 2 is 1.94 bits per heavy atom. The molecular formula is C21H22F2N6O2. The quantitative estimate of drug-likeness (QED) is 0.809. The van der Waals surface area contributed by atoms with Crippen molar-refractivity contribution in [2.24, 2.45) is 11.0 Å². The number of nitrogens with one attached hydrogen (secondary N) is 1. The lowest BCUT2D eigenvalue weighted by atomic mass is 9.94. The van der Waals surface area contributed by atoms with Gasteiger partial charge in [-0.3, -0.25) is 9.59 Å². The van der Waals surface area contributed by atoms with Gasteiger partial charge in [-0.15, -0.1) is 0 Å². The molecule has 0 bridgehead atoms. The average molecular weight is 428 g/mol. The standard InChI is InChI=1S/C21H22F2N6O2/c1-13(30)26-19-5-8-24-21(27-19)28-10-6-14(7-11-28)20(31)29-18(4-9-25-29)16-12-15(22)2-3-17(16)23/h2-3,5,8-9,12,14,18H,4,6-7,10-11H2,1H3,(H,24,26,27,30)/t18-/m0/s1. The normalized spacial score (nSPS) is 19.0. The lowest BCUT2D eigenvalue weighted by Gasteiger charge is -2.33. The van der Waals surface area contributed by atoms with Crippen molar-refractivity contribution in [3.63, 3.8) is 0 Å². The van der Waals surface area contributed by atoms with Crippen LogP contribution < -0.4 is 10.2 Å². The van der Waals surface area contributed by atoms with E-state index in [1.165, 1.54) is 11.9 Å². The van der Waals surface area contributed by atoms with Crippen LogP contribution in [0, 0.1) is 17.6 Å². The second kappa shape index (κ2) is 8.75. The Morgan fingerprint density at radius 3 is 2.68 bits per heavy atom. The zero-order valence-corrected chi connectivity index (χ0v) is 17.0. The van der Waals surface area contributed by atoms with E-state index in [9.17, 15) is 18.4 Å². The number of anilines is 2. The third-order valence-corrected chi connectivity index (χ3v) is 5.45. The number of carbonyl (C=O) groups excluding carboxylic acids is 2. The summed E-state index contributed by atoms with van der Waals surface area (Å²) in [4.78, 5) is 34.9. The molecule has 1 atom stereocenters. The summed E-state index contributed by atoms with van der Waals surface area (Å²) in [6.07, 6.45) is 4.58. The maximum absolute atomic E-state index is 14.2. The average Bonchev–Trinajstić information content (AvgIpc) is 3.24. The number of hydrogen-bond acceptors (Lipinski definition) is 6. The molecule has 0 radical (unpaired) electrons. The maximum Gasteiger partial charge on any atom is 0.246 e. The van der Waals surface area contributed by atoms with Crippen LogP contribution >= 0.6 is 0 Å². The largest absolute Gasteiger partial charge is 0.341 e. The second-order valence-corrected chi connectivity index (χ2v) is 7.58. The second-order valence-electron chi connectivity index (χ2n) is 7.58. The van der Waals surface area contributed by atoms with Gasteiger partial charge < -0.3 is 10.2 Å². The number of halogens is 2. The Morgan fingerprint density at radius 1 is 1.16 bits per heavy atom. The van der Waals surface area contributed by atoms with Gasteiger partial charge in [0.2, 0.25) is 17.8 Å². The minimum Gasteiger partial charge on any atom is -0.341 e. The molecule has 2 aliphatic rings. The van der Waals surface area contributed by atoms with E-state index < -0.39 is 17.7 Å². The van der Waals surface area contributed by atoms with Crippen LogP contribution in [0.25, 0.3) is 0 Å². The maximum atomic E-state index is 14.2. The van der Waals surface area contributed by atoms with E-state index in [1.54, 1.807) is 18.5 Å². The Labute approximate surface area is 178 Å². The SMILES string of the molecule is CC(=O)Nc1ccnc(N2CCC(C(=O)N3N=CC[C@H]3c3cc(F)ccc3F)CC2)n1. The van der Waals surface area contributed by atoms with Crippen LogP contribution in [-0.4, -0.2) is 46.1 Å². The number of benzene rings is 1. The molecule has 0 aliphatic carbocycles. The van der Waals surface area contributed by atoms with Gasteiger partial charge in [0.05, 0.1) is 6.04 Å². The van der Waals surface area contributed by atoms with Crippen LogP contribution in [0.15, 0.2) is 35.6 Å². The topological polar surface area (TPSA) is 90.8 Å². The van der Waals surface area contributed by atoms with E-state index in [2.05, 4.69) is 20.4 Å². The molecule has 0 unspecified atom stereocenters. The van der Waals surface area contributed by atoms with Crippen molar-refractivity contribution in [2.45, 2.75) is 32.2 Å². The Hall–Kier alpha value is -3.43. The number of amides is 2. The monoisotopic (exact) mass is 428 g/mol. The molecule has 10 heteroatoms. The highest BCUT2D eigenvalue weighted by atomic mass is 19.1. The van der Waals surface area contributed by atoms with Gasteiger partial charge in [0.25, 0.3) is 0 Å². The van der Waals surface area contributed by atoms with Gasteiger partial charge in [-0.2, -0.15) is 10.1 Å². The summed E-state index contributed by atoms with van der Waals surface area (Å²) in [7, 11) is 0. The van der Waals surface area contributed by atoms with E-state index in [0.717, 1.165) is 18.2 Å². The van der Waals surface area contributed by atoms with E-state index >= 15 is 0 Å². The lowest BCUT2D eigenvalue weighted by Crippen LogP contribution is -2.41. The van der Waals surface area contributed by atoms with Crippen molar-refractivity contribution in [3.05, 3.63) is 47.7 Å². The van der Waals surface area contributed by atoms with Gasteiger partial charge in [-0.25, -0.2) is 18.8 Å². The third kappa shape index (κ3) is 4.52. The van der Waals surface area contributed by atoms with Crippen molar-refractivity contribution in [1.29, 1.82) is 0 Å². The van der Waals surface area contributed by atoms with Gasteiger partial charge in [0.15, 0.2) is 0 Å². The molecule has 162 valence electrons. The predicted octanol–water partition coefficient (Wildman–Crippen LogP) is 2.89. The Balaban J connectivity index is 1.42. The summed E-state index contributed by atoms with van der Waals surface area (Å²) in [6.45, 7) is 2.51. The first-order chi connectivity index (χ1) is 14.9. The fraction of sp³-hybridized carbons (Fsp3) is 0.381. The summed E-state index contributed by atoms with van der Waals surface area (Å²) in [5, 5.41) is 8.06. The molecule has 0 spiro atoms. The van der Waals surface area contributed by atoms with E-state index in [4.69, 9.17) is 0 Å². The smallest absolute Gasteiger partial charge is 0.246 e. The third-order valence-electron chi connectivity index (χ3n) is 5.45. The van der Waals surface area contributed by atoms with E-state index in [-0.39, 0.29) is 23.3 Å². The van der Waals surface area contributed by atoms with Crippen LogP contribution in [0.3, 0.4) is 0 Å². The number of aromatic nitrogens is 2. The van der Waals surface area contributed by atoms with Crippen LogP contribution in [0.2, 0.25) is 0 Å². The molecule has 3 heterocycles. The number of nitrogens with zero attached hydrogens (tertiary/aromatic N) is 5. The summed E-state index contributed by atoms with van der Waals surface area (Å²) in [5.41, 5.74) is 0.131.